The Hall–Kier alpha value is -1.30. The van der Waals surface area contributed by atoms with Crippen molar-refractivity contribution in [2.75, 3.05) is 0 Å². The van der Waals surface area contributed by atoms with E-state index in [4.69, 9.17) is 0 Å². The van der Waals surface area contributed by atoms with Crippen molar-refractivity contribution in [1.82, 2.24) is 19.6 Å². The van der Waals surface area contributed by atoms with E-state index in [0.29, 0.717) is 11.0 Å². The predicted molar refractivity (Wildman–Crippen MR) is 66.6 cm³/mol. The monoisotopic (exact) mass is 250 g/mol. The smallest absolute Gasteiger partial charge is 0.267 e. The van der Waals surface area contributed by atoms with E-state index in [1.54, 1.807) is 11.8 Å². The van der Waals surface area contributed by atoms with Gasteiger partial charge >= 0.3 is 0 Å². The maximum Gasteiger partial charge on any atom is 0.277 e. The van der Waals surface area contributed by atoms with Crippen LogP contribution in [0.1, 0.15) is 31.5 Å². The van der Waals surface area contributed by atoms with Crippen molar-refractivity contribution in [2.45, 2.75) is 43.5 Å². The third-order valence-corrected chi connectivity index (χ3v) is 3.72. The molecule has 0 aromatic carbocycles. The highest BCUT2D eigenvalue weighted by Gasteiger charge is 2.19. The molecule has 2 aromatic heterocycles. The van der Waals surface area contributed by atoms with E-state index >= 15 is 0 Å². The lowest BCUT2D eigenvalue weighted by Crippen LogP contribution is -2.20. The molecule has 6 heteroatoms. The first-order chi connectivity index (χ1) is 8.15. The van der Waals surface area contributed by atoms with Gasteiger partial charge in [0, 0.05) is 10.8 Å². The standard InChI is InChI=1S/C11H14N4OS/c1-6(2)17-11-13-10-12-8-5-3-4-7(8)9(16)15(10)14-11/h6H,3-5H2,1-2H3,(H,12,13,14). The average molecular weight is 250 g/mol. The molecule has 0 fully saturated rings. The fourth-order valence-corrected chi connectivity index (χ4v) is 2.87. The molecule has 0 spiro atoms. The molecule has 17 heavy (non-hydrogen) atoms. The lowest BCUT2D eigenvalue weighted by atomic mass is 10.3. The SMILES string of the molecule is CC(C)Sc1nc2nc3c(c(=O)n2[nH]1)CCC3. The number of hydrogen-bond acceptors (Lipinski definition) is 4. The van der Waals surface area contributed by atoms with Gasteiger partial charge in [-0.1, -0.05) is 25.6 Å². The maximum absolute atomic E-state index is 12.2. The van der Waals surface area contributed by atoms with Crippen molar-refractivity contribution in [3.63, 3.8) is 0 Å². The van der Waals surface area contributed by atoms with Gasteiger partial charge in [-0.2, -0.15) is 9.50 Å². The van der Waals surface area contributed by atoms with Gasteiger partial charge in [-0.25, -0.2) is 4.98 Å². The van der Waals surface area contributed by atoms with Crippen molar-refractivity contribution in [2.24, 2.45) is 0 Å². The molecule has 2 aromatic rings. The second-order valence-electron chi connectivity index (χ2n) is 4.53. The minimum Gasteiger partial charge on any atom is -0.267 e. The summed E-state index contributed by atoms with van der Waals surface area (Å²) in [5.74, 6) is 0.499. The van der Waals surface area contributed by atoms with Crippen LogP contribution in [0.3, 0.4) is 0 Å². The highest BCUT2D eigenvalue weighted by atomic mass is 32.2. The largest absolute Gasteiger partial charge is 0.277 e. The molecular formula is C11H14N4OS. The summed E-state index contributed by atoms with van der Waals surface area (Å²) in [5.41, 5.74) is 1.81. The van der Waals surface area contributed by atoms with Gasteiger partial charge in [-0.15, -0.1) is 0 Å². The molecule has 1 aliphatic carbocycles. The lowest BCUT2D eigenvalue weighted by molar-refractivity contribution is 0.830. The molecule has 0 bridgehead atoms. The Morgan fingerprint density at radius 1 is 1.35 bits per heavy atom. The Balaban J connectivity index is 2.17. The van der Waals surface area contributed by atoms with E-state index < -0.39 is 0 Å². The topological polar surface area (TPSA) is 63.1 Å². The number of rotatable bonds is 2. The van der Waals surface area contributed by atoms with Crippen LogP contribution in [0.25, 0.3) is 5.78 Å². The van der Waals surface area contributed by atoms with Gasteiger partial charge < -0.3 is 0 Å². The van der Waals surface area contributed by atoms with E-state index in [0.717, 1.165) is 35.7 Å². The number of thioether (sulfide) groups is 1. The number of nitrogens with zero attached hydrogens (tertiary/aromatic N) is 3. The van der Waals surface area contributed by atoms with E-state index in [9.17, 15) is 4.79 Å². The molecule has 0 atom stereocenters. The van der Waals surface area contributed by atoms with E-state index in [-0.39, 0.29) is 5.56 Å². The molecule has 3 rings (SSSR count). The van der Waals surface area contributed by atoms with Gasteiger partial charge in [0.05, 0.1) is 5.69 Å². The number of nitrogens with one attached hydrogen (secondary N) is 1. The summed E-state index contributed by atoms with van der Waals surface area (Å²) < 4.78 is 1.47. The molecule has 2 heterocycles. The van der Waals surface area contributed by atoms with Crippen molar-refractivity contribution < 1.29 is 0 Å². The zero-order valence-corrected chi connectivity index (χ0v) is 10.7. The van der Waals surface area contributed by atoms with Crippen molar-refractivity contribution in [3.8, 4) is 0 Å². The highest BCUT2D eigenvalue weighted by Crippen LogP contribution is 2.20. The summed E-state index contributed by atoms with van der Waals surface area (Å²) in [5, 5.41) is 4.20. The summed E-state index contributed by atoms with van der Waals surface area (Å²) in [4.78, 5) is 21.0. The lowest BCUT2D eigenvalue weighted by Gasteiger charge is -1.98. The summed E-state index contributed by atoms with van der Waals surface area (Å²) in [6.45, 7) is 4.18. The van der Waals surface area contributed by atoms with Crippen LogP contribution in [0.5, 0.6) is 0 Å². The Morgan fingerprint density at radius 2 is 2.18 bits per heavy atom. The minimum absolute atomic E-state index is 0.0191. The molecule has 90 valence electrons. The van der Waals surface area contributed by atoms with Crippen LogP contribution in [0, 0.1) is 0 Å². The molecule has 0 amide bonds. The molecule has 1 aliphatic rings. The first kappa shape index (κ1) is 10.8. The van der Waals surface area contributed by atoms with Gasteiger partial charge in [0.25, 0.3) is 11.3 Å². The normalized spacial score (nSPS) is 14.8. The van der Waals surface area contributed by atoms with Crippen molar-refractivity contribution in [1.29, 1.82) is 0 Å². The van der Waals surface area contributed by atoms with Crippen LogP contribution in [-0.2, 0) is 12.8 Å². The Morgan fingerprint density at radius 3 is 2.94 bits per heavy atom. The summed E-state index contributed by atoms with van der Waals surface area (Å²) in [7, 11) is 0. The molecule has 0 saturated carbocycles. The van der Waals surface area contributed by atoms with Crippen LogP contribution >= 0.6 is 11.8 Å². The molecule has 5 nitrogen and oxygen atoms in total. The van der Waals surface area contributed by atoms with Crippen LogP contribution < -0.4 is 5.56 Å². The first-order valence-corrected chi connectivity index (χ1v) is 6.70. The van der Waals surface area contributed by atoms with Crippen molar-refractivity contribution >= 4 is 17.5 Å². The third kappa shape index (κ3) is 1.76. The molecule has 0 aliphatic heterocycles. The predicted octanol–water partition coefficient (Wildman–Crippen LogP) is 1.41. The van der Waals surface area contributed by atoms with Gasteiger partial charge in [0.1, 0.15) is 0 Å². The number of fused-ring (bicyclic) bond motifs is 2. The fourth-order valence-electron chi connectivity index (χ4n) is 2.14. The Labute approximate surface area is 103 Å². The second kappa shape index (κ2) is 3.87. The first-order valence-electron chi connectivity index (χ1n) is 5.82. The van der Waals surface area contributed by atoms with E-state index in [1.807, 2.05) is 0 Å². The van der Waals surface area contributed by atoms with E-state index in [2.05, 4.69) is 28.9 Å². The van der Waals surface area contributed by atoms with Crippen LogP contribution in [0.4, 0.5) is 0 Å². The summed E-state index contributed by atoms with van der Waals surface area (Å²) in [6, 6.07) is 0. The Kier molecular flexibility index (Phi) is 2.47. The summed E-state index contributed by atoms with van der Waals surface area (Å²) >= 11 is 1.60. The molecule has 0 radical (unpaired) electrons. The number of H-pyrrole nitrogens is 1. The number of aromatic amines is 1. The molecule has 0 saturated heterocycles. The van der Waals surface area contributed by atoms with Gasteiger partial charge in [-0.3, -0.25) is 9.89 Å². The zero-order valence-electron chi connectivity index (χ0n) is 9.86. The molecule has 0 unspecified atom stereocenters. The number of aryl methyl sites for hydroxylation is 1. The average Bonchev–Trinajstić information content (AvgIpc) is 2.83. The van der Waals surface area contributed by atoms with Gasteiger partial charge in [-0.05, 0) is 19.3 Å². The minimum atomic E-state index is 0.0191. The van der Waals surface area contributed by atoms with Crippen molar-refractivity contribution in [3.05, 3.63) is 21.6 Å². The van der Waals surface area contributed by atoms with Crippen LogP contribution in [-0.4, -0.2) is 24.8 Å². The van der Waals surface area contributed by atoms with Gasteiger partial charge in [0.15, 0.2) is 5.16 Å². The maximum atomic E-state index is 12.2. The third-order valence-electron chi connectivity index (χ3n) is 2.84. The zero-order chi connectivity index (χ0) is 12.0. The van der Waals surface area contributed by atoms with Crippen LogP contribution in [0.2, 0.25) is 0 Å². The van der Waals surface area contributed by atoms with E-state index in [1.165, 1.54) is 4.52 Å². The highest BCUT2D eigenvalue weighted by molar-refractivity contribution is 7.99. The Bertz CT molecular complexity index is 628. The second-order valence-corrected chi connectivity index (χ2v) is 6.09. The van der Waals surface area contributed by atoms with Crippen LogP contribution in [0.15, 0.2) is 9.95 Å². The summed E-state index contributed by atoms with van der Waals surface area (Å²) in [6.07, 6.45) is 2.77. The number of aromatic nitrogens is 4. The molecular weight excluding hydrogens is 236 g/mol. The molecule has 1 N–H and O–H groups in total. The number of hydrogen-bond donors (Lipinski definition) is 1. The quantitative estimate of drug-likeness (QED) is 0.818. The fraction of sp³-hybridized carbons (Fsp3) is 0.545. The van der Waals surface area contributed by atoms with Gasteiger partial charge in [0.2, 0.25) is 0 Å².